The van der Waals surface area contributed by atoms with Crippen molar-refractivity contribution in [2.45, 2.75) is 19.0 Å². The van der Waals surface area contributed by atoms with E-state index in [0.717, 1.165) is 25.5 Å². The second-order valence-corrected chi connectivity index (χ2v) is 5.53. The predicted molar refractivity (Wildman–Crippen MR) is 79.4 cm³/mol. The van der Waals surface area contributed by atoms with Gasteiger partial charge in [0.15, 0.2) is 0 Å². The molecule has 0 aliphatic carbocycles. The first-order chi connectivity index (χ1) is 9.88. The molecule has 21 heavy (non-hydrogen) atoms. The standard InChI is InChI=1S/C14H17F3N2OS/c15-14(16,17)12-4-3-10(6-11(12)13(18)21)19-7-9-2-1-5-20-8-9/h3-4,6,9,19H,1-2,5,7-8H2,(H2,18,21). The Morgan fingerprint density at radius 2 is 2.19 bits per heavy atom. The van der Waals surface area contributed by atoms with Crippen molar-refractivity contribution in [3.8, 4) is 0 Å². The number of nitrogens with one attached hydrogen (secondary N) is 1. The lowest BCUT2D eigenvalue weighted by Crippen LogP contribution is -2.24. The van der Waals surface area contributed by atoms with Crippen LogP contribution in [0.3, 0.4) is 0 Å². The fraction of sp³-hybridized carbons (Fsp3) is 0.500. The van der Waals surface area contributed by atoms with Crippen LogP contribution in [0.5, 0.6) is 0 Å². The molecule has 1 aliphatic heterocycles. The number of ether oxygens (including phenoxy) is 1. The Bertz CT molecular complexity index is 513. The van der Waals surface area contributed by atoms with Gasteiger partial charge in [0.1, 0.15) is 4.99 Å². The molecule has 3 nitrogen and oxygen atoms in total. The van der Waals surface area contributed by atoms with Crippen LogP contribution in [0.15, 0.2) is 18.2 Å². The molecule has 1 heterocycles. The molecule has 7 heteroatoms. The van der Waals surface area contributed by atoms with E-state index in [2.05, 4.69) is 5.32 Å². The number of alkyl halides is 3. The Morgan fingerprint density at radius 1 is 1.43 bits per heavy atom. The number of anilines is 1. The fourth-order valence-electron chi connectivity index (χ4n) is 2.34. The van der Waals surface area contributed by atoms with Crippen molar-refractivity contribution in [1.82, 2.24) is 0 Å². The van der Waals surface area contributed by atoms with Crippen LogP contribution in [0.4, 0.5) is 18.9 Å². The van der Waals surface area contributed by atoms with Crippen molar-refractivity contribution in [1.29, 1.82) is 0 Å². The quantitative estimate of drug-likeness (QED) is 0.837. The molecule has 0 saturated carbocycles. The van der Waals surface area contributed by atoms with Gasteiger partial charge in [-0.25, -0.2) is 0 Å². The van der Waals surface area contributed by atoms with Crippen LogP contribution in [0, 0.1) is 5.92 Å². The van der Waals surface area contributed by atoms with E-state index in [9.17, 15) is 13.2 Å². The number of hydrogen-bond acceptors (Lipinski definition) is 3. The van der Waals surface area contributed by atoms with E-state index < -0.39 is 11.7 Å². The van der Waals surface area contributed by atoms with Crippen LogP contribution in [0.1, 0.15) is 24.0 Å². The van der Waals surface area contributed by atoms with Crippen LogP contribution in [-0.2, 0) is 10.9 Å². The van der Waals surface area contributed by atoms with E-state index >= 15 is 0 Å². The van der Waals surface area contributed by atoms with E-state index in [1.165, 1.54) is 12.1 Å². The first-order valence-corrected chi connectivity index (χ1v) is 7.11. The Labute approximate surface area is 126 Å². The van der Waals surface area contributed by atoms with Gasteiger partial charge in [-0.2, -0.15) is 13.2 Å². The number of nitrogens with two attached hydrogens (primary N) is 1. The molecule has 3 N–H and O–H groups in total. The molecule has 0 spiro atoms. The zero-order chi connectivity index (χ0) is 15.5. The number of hydrogen-bond donors (Lipinski definition) is 2. The van der Waals surface area contributed by atoms with Gasteiger partial charge in [0.2, 0.25) is 0 Å². The molecule has 0 amide bonds. The van der Waals surface area contributed by atoms with Gasteiger partial charge in [-0.3, -0.25) is 0 Å². The minimum Gasteiger partial charge on any atom is -0.389 e. The predicted octanol–water partition coefficient (Wildman–Crippen LogP) is 3.18. The number of thiocarbonyl (C=S) groups is 1. The average molecular weight is 318 g/mol. The van der Waals surface area contributed by atoms with E-state index in [1.54, 1.807) is 0 Å². The van der Waals surface area contributed by atoms with E-state index in [1.807, 2.05) is 0 Å². The highest BCUT2D eigenvalue weighted by molar-refractivity contribution is 7.80. The summed E-state index contributed by atoms with van der Waals surface area (Å²) >= 11 is 4.72. The second kappa shape index (κ2) is 6.62. The summed E-state index contributed by atoms with van der Waals surface area (Å²) in [5.41, 5.74) is 5.03. The minimum absolute atomic E-state index is 0.151. The number of rotatable bonds is 4. The molecule has 0 aromatic heterocycles. The topological polar surface area (TPSA) is 47.3 Å². The van der Waals surface area contributed by atoms with Crippen molar-refractivity contribution in [2.75, 3.05) is 25.1 Å². The zero-order valence-electron chi connectivity index (χ0n) is 11.4. The fourth-order valence-corrected chi connectivity index (χ4v) is 2.50. The van der Waals surface area contributed by atoms with Gasteiger partial charge < -0.3 is 15.8 Å². The third kappa shape index (κ3) is 4.31. The molecule has 1 aromatic carbocycles. The lowest BCUT2D eigenvalue weighted by Gasteiger charge is -2.23. The molecule has 1 unspecified atom stereocenters. The molecule has 116 valence electrons. The Balaban J connectivity index is 2.10. The van der Waals surface area contributed by atoms with Crippen LogP contribution >= 0.6 is 12.2 Å². The largest absolute Gasteiger partial charge is 0.417 e. The van der Waals surface area contributed by atoms with Crippen molar-refractivity contribution in [3.63, 3.8) is 0 Å². The summed E-state index contributed by atoms with van der Waals surface area (Å²) in [6.45, 7) is 2.11. The van der Waals surface area contributed by atoms with Crippen molar-refractivity contribution < 1.29 is 17.9 Å². The first-order valence-electron chi connectivity index (χ1n) is 6.70. The Morgan fingerprint density at radius 3 is 2.76 bits per heavy atom. The highest BCUT2D eigenvalue weighted by Crippen LogP contribution is 2.33. The molecular formula is C14H17F3N2OS. The molecule has 2 rings (SSSR count). The van der Waals surface area contributed by atoms with Crippen LogP contribution in [0.25, 0.3) is 0 Å². The van der Waals surface area contributed by atoms with Gasteiger partial charge in [-0.15, -0.1) is 0 Å². The lowest BCUT2D eigenvalue weighted by molar-refractivity contribution is -0.137. The highest BCUT2D eigenvalue weighted by Gasteiger charge is 2.34. The summed E-state index contributed by atoms with van der Waals surface area (Å²) in [6.07, 6.45) is -2.40. The summed E-state index contributed by atoms with van der Waals surface area (Å²) < 4.78 is 44.0. The molecule has 1 atom stereocenters. The van der Waals surface area contributed by atoms with E-state index in [4.69, 9.17) is 22.7 Å². The number of benzene rings is 1. The third-order valence-corrected chi connectivity index (χ3v) is 3.66. The Kier molecular flexibility index (Phi) is 5.05. The van der Waals surface area contributed by atoms with Gasteiger partial charge in [0.05, 0.1) is 12.2 Å². The molecule has 1 saturated heterocycles. The minimum atomic E-state index is -4.46. The zero-order valence-corrected chi connectivity index (χ0v) is 12.2. The normalized spacial score (nSPS) is 19.3. The van der Waals surface area contributed by atoms with Gasteiger partial charge >= 0.3 is 6.18 Å². The monoisotopic (exact) mass is 318 g/mol. The number of halogens is 3. The summed E-state index contributed by atoms with van der Waals surface area (Å²) in [7, 11) is 0. The molecule has 0 radical (unpaired) electrons. The molecule has 0 bridgehead atoms. The Hall–Kier alpha value is -1.34. The van der Waals surface area contributed by atoms with Gasteiger partial charge in [-0.05, 0) is 37.0 Å². The van der Waals surface area contributed by atoms with Crippen LogP contribution in [-0.4, -0.2) is 24.7 Å². The van der Waals surface area contributed by atoms with Crippen molar-refractivity contribution in [2.24, 2.45) is 11.7 Å². The van der Waals surface area contributed by atoms with Gasteiger partial charge in [0, 0.05) is 24.4 Å². The lowest BCUT2D eigenvalue weighted by atomic mass is 10.0. The smallest absolute Gasteiger partial charge is 0.389 e. The van der Waals surface area contributed by atoms with E-state index in [0.29, 0.717) is 24.8 Å². The summed E-state index contributed by atoms with van der Waals surface area (Å²) in [5, 5.41) is 3.13. The van der Waals surface area contributed by atoms with Crippen LogP contribution in [0.2, 0.25) is 0 Å². The van der Waals surface area contributed by atoms with Crippen molar-refractivity contribution >= 4 is 22.9 Å². The summed E-state index contributed by atoms with van der Waals surface area (Å²) in [4.78, 5) is -0.257. The molecular weight excluding hydrogens is 301 g/mol. The van der Waals surface area contributed by atoms with Gasteiger partial charge in [-0.1, -0.05) is 12.2 Å². The average Bonchev–Trinajstić information content (AvgIpc) is 2.45. The third-order valence-electron chi connectivity index (χ3n) is 3.44. The first kappa shape index (κ1) is 16.0. The molecule has 1 aromatic rings. The SMILES string of the molecule is NC(=S)c1cc(NCC2CCCOC2)ccc1C(F)(F)F. The second-order valence-electron chi connectivity index (χ2n) is 5.09. The molecule has 1 fully saturated rings. The maximum atomic E-state index is 12.9. The summed E-state index contributed by atoms with van der Waals surface area (Å²) in [6, 6.07) is 3.76. The van der Waals surface area contributed by atoms with E-state index in [-0.39, 0.29) is 10.6 Å². The maximum Gasteiger partial charge on any atom is 0.417 e. The maximum absolute atomic E-state index is 12.9. The van der Waals surface area contributed by atoms with Crippen molar-refractivity contribution in [3.05, 3.63) is 29.3 Å². The summed E-state index contributed by atoms with van der Waals surface area (Å²) in [5.74, 6) is 0.370. The highest BCUT2D eigenvalue weighted by atomic mass is 32.1. The molecule has 1 aliphatic rings. The van der Waals surface area contributed by atoms with Gasteiger partial charge in [0.25, 0.3) is 0 Å². The van der Waals surface area contributed by atoms with Crippen LogP contribution < -0.4 is 11.1 Å².